The van der Waals surface area contributed by atoms with E-state index in [0.717, 1.165) is 22.4 Å². The van der Waals surface area contributed by atoms with Gasteiger partial charge < -0.3 is 13.8 Å². The van der Waals surface area contributed by atoms with Crippen LogP contribution in [0.5, 0.6) is 17.2 Å². The Morgan fingerprint density at radius 3 is 1.64 bits per heavy atom. The molecule has 0 N–H and O–H groups in total. The lowest BCUT2D eigenvalue weighted by Crippen LogP contribution is -2.07. The van der Waals surface area contributed by atoms with E-state index in [9.17, 15) is 4.57 Å². The molecule has 0 spiro atoms. The highest BCUT2D eigenvalue weighted by molar-refractivity contribution is 7.55. The minimum atomic E-state index is -3.63. The van der Waals surface area contributed by atoms with Gasteiger partial charge in [0.05, 0.1) is 13.3 Å². The Bertz CT molecular complexity index is 1180. The summed E-state index contributed by atoms with van der Waals surface area (Å²) >= 11 is 0. The summed E-state index contributed by atoms with van der Waals surface area (Å²) in [6.45, 7) is 0. The summed E-state index contributed by atoms with van der Waals surface area (Å²) in [4.78, 5) is 0. The molecule has 0 bridgehead atoms. The van der Waals surface area contributed by atoms with Gasteiger partial charge >= 0.3 is 7.60 Å². The van der Waals surface area contributed by atoms with Gasteiger partial charge in [-0.1, -0.05) is 84.9 Å². The average Bonchev–Trinajstić information content (AvgIpc) is 2.86. The monoisotopic (exact) mass is 456 g/mol. The number of para-hydroxylation sites is 2. The van der Waals surface area contributed by atoms with Crippen LogP contribution in [0.1, 0.15) is 11.1 Å². The van der Waals surface area contributed by atoms with Crippen molar-refractivity contribution in [1.29, 1.82) is 0 Å². The van der Waals surface area contributed by atoms with E-state index in [1.165, 1.54) is 0 Å². The molecule has 0 saturated carbocycles. The first-order valence-corrected chi connectivity index (χ1v) is 12.3. The van der Waals surface area contributed by atoms with Crippen molar-refractivity contribution in [3.8, 4) is 17.2 Å². The van der Waals surface area contributed by atoms with E-state index >= 15 is 0 Å². The molecule has 0 aromatic heterocycles. The van der Waals surface area contributed by atoms with Crippen molar-refractivity contribution in [3.63, 3.8) is 0 Å². The molecule has 5 heteroatoms. The van der Waals surface area contributed by atoms with Crippen molar-refractivity contribution >= 4 is 19.2 Å². The Morgan fingerprint density at radius 1 is 0.667 bits per heavy atom. The summed E-state index contributed by atoms with van der Waals surface area (Å²) < 4.78 is 31.4. The van der Waals surface area contributed by atoms with Gasteiger partial charge in [-0.2, -0.15) is 0 Å². The van der Waals surface area contributed by atoms with Crippen molar-refractivity contribution in [2.24, 2.45) is 0 Å². The number of rotatable bonds is 9. The maximum Gasteiger partial charge on any atom is 0.435 e. The number of hydrogen-bond donors (Lipinski definition) is 0. The molecule has 0 heterocycles. The third-order valence-electron chi connectivity index (χ3n) is 4.94. The van der Waals surface area contributed by atoms with E-state index in [4.69, 9.17) is 13.8 Å². The Hall–Kier alpha value is -3.75. The first-order chi connectivity index (χ1) is 16.1. The minimum Gasteiger partial charge on any atom is -0.497 e. The number of methoxy groups -OCH3 is 1. The molecule has 33 heavy (non-hydrogen) atoms. The summed E-state index contributed by atoms with van der Waals surface area (Å²) in [6.07, 6.45) is 2.09. The molecule has 4 nitrogen and oxygen atoms in total. The van der Waals surface area contributed by atoms with E-state index in [2.05, 4.69) is 0 Å². The van der Waals surface area contributed by atoms with E-state index in [1.54, 1.807) is 31.4 Å². The van der Waals surface area contributed by atoms with E-state index in [-0.39, 0.29) is 6.16 Å². The van der Waals surface area contributed by atoms with E-state index in [0.29, 0.717) is 11.5 Å². The van der Waals surface area contributed by atoms with E-state index < -0.39 is 7.60 Å². The normalized spacial score (nSPS) is 11.6. The zero-order chi connectivity index (χ0) is 22.9. The van der Waals surface area contributed by atoms with Gasteiger partial charge in [-0.05, 0) is 53.1 Å². The quantitative estimate of drug-likeness (QED) is 0.192. The van der Waals surface area contributed by atoms with Crippen LogP contribution in [0.3, 0.4) is 0 Å². The molecule has 4 aromatic rings. The molecule has 0 amide bonds. The Balaban J connectivity index is 1.72. The van der Waals surface area contributed by atoms with Crippen molar-refractivity contribution < 1.29 is 18.3 Å². The van der Waals surface area contributed by atoms with Gasteiger partial charge in [0.2, 0.25) is 0 Å². The molecule has 0 aliphatic heterocycles. The third-order valence-corrected chi connectivity index (χ3v) is 6.65. The number of benzene rings is 4. The first-order valence-electron chi connectivity index (χ1n) is 10.6. The summed E-state index contributed by atoms with van der Waals surface area (Å²) in [5, 5.41) is 0. The summed E-state index contributed by atoms with van der Waals surface area (Å²) in [5.74, 6) is 1.76. The van der Waals surface area contributed by atoms with Crippen molar-refractivity contribution in [2.75, 3.05) is 13.3 Å². The van der Waals surface area contributed by atoms with Gasteiger partial charge in [0.15, 0.2) is 0 Å². The van der Waals surface area contributed by atoms with Crippen molar-refractivity contribution in [3.05, 3.63) is 126 Å². The van der Waals surface area contributed by atoms with Crippen LogP contribution < -0.4 is 13.8 Å². The lowest BCUT2D eigenvalue weighted by atomic mass is 10.0. The fourth-order valence-corrected chi connectivity index (χ4v) is 5.09. The van der Waals surface area contributed by atoms with Crippen molar-refractivity contribution in [2.45, 2.75) is 0 Å². The number of allylic oxidation sites excluding steroid dienone is 1. The second kappa shape index (κ2) is 10.7. The molecular weight excluding hydrogens is 431 g/mol. The maximum absolute atomic E-state index is 14.1. The number of ether oxygens (including phenoxy) is 1. The zero-order valence-corrected chi connectivity index (χ0v) is 19.2. The average molecular weight is 456 g/mol. The molecule has 0 aliphatic carbocycles. The van der Waals surface area contributed by atoms with Crippen LogP contribution in [-0.2, 0) is 4.57 Å². The molecule has 4 aromatic carbocycles. The molecule has 0 unspecified atom stereocenters. The topological polar surface area (TPSA) is 44.8 Å². The molecule has 4 rings (SSSR count). The Kier molecular flexibility index (Phi) is 7.29. The number of hydrogen-bond acceptors (Lipinski definition) is 4. The van der Waals surface area contributed by atoms with Gasteiger partial charge in [-0.25, -0.2) is 4.57 Å². The Labute approximate surface area is 194 Å². The van der Waals surface area contributed by atoms with E-state index in [1.807, 2.05) is 97.1 Å². The fraction of sp³-hybridized carbons (Fsp3) is 0.0714. The highest BCUT2D eigenvalue weighted by Gasteiger charge is 2.30. The molecule has 0 aliphatic rings. The van der Waals surface area contributed by atoms with Crippen LogP contribution in [0, 0.1) is 0 Å². The lowest BCUT2D eigenvalue weighted by Gasteiger charge is -2.22. The van der Waals surface area contributed by atoms with Crippen LogP contribution in [0.25, 0.3) is 11.6 Å². The van der Waals surface area contributed by atoms with Gasteiger partial charge in [0.25, 0.3) is 0 Å². The fourth-order valence-electron chi connectivity index (χ4n) is 3.35. The smallest absolute Gasteiger partial charge is 0.435 e. The van der Waals surface area contributed by atoms with Crippen LogP contribution in [0.2, 0.25) is 0 Å². The van der Waals surface area contributed by atoms with Gasteiger partial charge in [0.1, 0.15) is 17.2 Å². The minimum absolute atomic E-state index is 0.0901. The summed E-state index contributed by atoms with van der Waals surface area (Å²) in [7, 11) is -1.99. The predicted molar refractivity (Wildman–Crippen MR) is 134 cm³/mol. The highest BCUT2D eigenvalue weighted by Crippen LogP contribution is 2.51. The lowest BCUT2D eigenvalue weighted by molar-refractivity contribution is 0.390. The SMILES string of the molecule is COc1ccc(/C=C(/CP(=O)(Oc2ccccc2)Oc2ccccc2)c2ccccc2)cc1. The van der Waals surface area contributed by atoms with Gasteiger partial charge in [-0.3, -0.25) is 0 Å². The van der Waals surface area contributed by atoms with Gasteiger partial charge in [0, 0.05) is 0 Å². The van der Waals surface area contributed by atoms with Crippen LogP contribution in [0.15, 0.2) is 115 Å². The molecule has 166 valence electrons. The maximum atomic E-state index is 14.1. The van der Waals surface area contributed by atoms with Crippen LogP contribution in [0.4, 0.5) is 0 Å². The first kappa shape index (κ1) is 22.4. The Morgan fingerprint density at radius 2 is 1.15 bits per heavy atom. The highest BCUT2D eigenvalue weighted by atomic mass is 31.2. The van der Waals surface area contributed by atoms with Crippen LogP contribution in [-0.4, -0.2) is 13.3 Å². The second-order valence-electron chi connectivity index (χ2n) is 7.39. The predicted octanol–water partition coefficient (Wildman–Crippen LogP) is 7.59. The molecular formula is C28H25O4P. The summed E-state index contributed by atoms with van der Waals surface area (Å²) in [6, 6.07) is 35.8. The summed E-state index contributed by atoms with van der Waals surface area (Å²) in [5.41, 5.74) is 2.75. The van der Waals surface area contributed by atoms with Gasteiger partial charge in [-0.15, -0.1) is 0 Å². The molecule has 0 fully saturated rings. The zero-order valence-electron chi connectivity index (χ0n) is 18.3. The van der Waals surface area contributed by atoms with Crippen LogP contribution >= 0.6 is 7.60 Å². The standard InChI is InChI=1S/C28H25O4P/c1-30-26-19-17-23(18-20-26)21-25(24-11-5-2-6-12-24)22-33(29,31-27-13-7-3-8-14-27)32-28-15-9-4-10-16-28/h2-21H,22H2,1H3/b25-21-. The second-order valence-corrected chi connectivity index (χ2v) is 9.29. The van der Waals surface area contributed by atoms with Crippen molar-refractivity contribution in [1.82, 2.24) is 0 Å². The third kappa shape index (κ3) is 6.38. The molecule has 0 saturated heterocycles. The largest absolute Gasteiger partial charge is 0.497 e. The molecule has 0 radical (unpaired) electrons. The molecule has 0 atom stereocenters.